The largest absolute Gasteiger partial charge is 0.346 e. The van der Waals surface area contributed by atoms with E-state index in [9.17, 15) is 8.42 Å². The van der Waals surface area contributed by atoms with E-state index in [-0.39, 0.29) is 0 Å². The molecule has 2 heterocycles. The van der Waals surface area contributed by atoms with Crippen LogP contribution in [0.1, 0.15) is 25.2 Å². The lowest BCUT2D eigenvalue weighted by atomic mass is 10.1. The van der Waals surface area contributed by atoms with E-state index in [0.717, 1.165) is 17.5 Å². The molecule has 0 unspecified atom stereocenters. The predicted octanol–water partition coefficient (Wildman–Crippen LogP) is 3.73. The molecular formula is C19H24N4O2S3. The summed E-state index contributed by atoms with van der Waals surface area (Å²) in [4.78, 5) is 6.74. The third-order valence-corrected chi connectivity index (χ3v) is 8.54. The fraction of sp³-hybridized carbons (Fsp3) is 0.368. The average Bonchev–Trinajstić information content (AvgIpc) is 3.39. The summed E-state index contributed by atoms with van der Waals surface area (Å²) in [6.07, 6.45) is 0.697. The van der Waals surface area contributed by atoms with Crippen LogP contribution in [0.25, 0.3) is 0 Å². The predicted molar refractivity (Wildman–Crippen MR) is 116 cm³/mol. The van der Waals surface area contributed by atoms with Crippen LogP contribution in [0, 0.1) is 0 Å². The Morgan fingerprint density at radius 1 is 1.00 bits per heavy atom. The molecule has 28 heavy (non-hydrogen) atoms. The van der Waals surface area contributed by atoms with Gasteiger partial charge in [-0.2, -0.15) is 8.68 Å². The molecule has 6 nitrogen and oxygen atoms in total. The summed E-state index contributed by atoms with van der Waals surface area (Å²) in [6, 6.07) is 13.5. The second-order valence-electron chi connectivity index (χ2n) is 6.16. The maximum Gasteiger partial charge on any atom is 0.252 e. The Hall–Kier alpha value is -1.81. The zero-order valence-electron chi connectivity index (χ0n) is 16.0. The van der Waals surface area contributed by atoms with Gasteiger partial charge in [0.05, 0.1) is 0 Å². The summed E-state index contributed by atoms with van der Waals surface area (Å²) in [5.74, 6) is 0.795. The SMILES string of the molecule is CCN(CCN(CC)S(=O)(=O)c1cccs1)c1nc(Cc2ccccc2)ns1. The molecule has 0 amide bonds. The van der Waals surface area contributed by atoms with Crippen molar-refractivity contribution in [3.63, 3.8) is 0 Å². The minimum absolute atomic E-state index is 0.387. The number of sulfonamides is 1. The zero-order valence-corrected chi connectivity index (χ0v) is 18.4. The Kier molecular flexibility index (Phi) is 7.17. The standard InChI is InChI=1S/C19H24N4O2S3/c1-3-22(12-13-23(4-2)28(24,25)18-11-8-14-26-18)19-20-17(21-27-19)15-16-9-6-5-7-10-16/h5-11,14H,3-4,12-13,15H2,1-2H3. The van der Waals surface area contributed by atoms with Crippen LogP contribution in [0.15, 0.2) is 52.1 Å². The highest BCUT2D eigenvalue weighted by Gasteiger charge is 2.24. The highest BCUT2D eigenvalue weighted by atomic mass is 32.2. The van der Waals surface area contributed by atoms with Crippen LogP contribution in [-0.4, -0.2) is 48.3 Å². The molecule has 150 valence electrons. The zero-order chi connectivity index (χ0) is 20.0. The van der Waals surface area contributed by atoms with Crippen molar-refractivity contribution in [2.75, 3.05) is 31.1 Å². The smallest absolute Gasteiger partial charge is 0.252 e. The molecule has 1 aromatic carbocycles. The number of likely N-dealkylation sites (N-methyl/N-ethyl adjacent to an activating group) is 2. The van der Waals surface area contributed by atoms with Gasteiger partial charge in [0.15, 0.2) is 0 Å². The van der Waals surface area contributed by atoms with Gasteiger partial charge in [-0.15, -0.1) is 11.3 Å². The first-order valence-corrected chi connectivity index (χ1v) is 12.3. The molecule has 0 aliphatic heterocycles. The Morgan fingerprint density at radius 2 is 1.79 bits per heavy atom. The second-order valence-corrected chi connectivity index (χ2v) is 10.0. The van der Waals surface area contributed by atoms with E-state index in [1.807, 2.05) is 32.0 Å². The Labute approximate surface area is 174 Å². The molecule has 0 radical (unpaired) electrons. The number of thiophene rings is 1. The molecule has 0 aliphatic rings. The Balaban J connectivity index is 1.65. The van der Waals surface area contributed by atoms with E-state index in [0.29, 0.717) is 30.3 Å². The van der Waals surface area contributed by atoms with Crippen molar-refractivity contribution in [3.8, 4) is 0 Å². The van der Waals surface area contributed by atoms with Crippen LogP contribution in [0.3, 0.4) is 0 Å². The fourth-order valence-corrected chi connectivity index (χ4v) is 6.19. The molecule has 0 aliphatic carbocycles. The Morgan fingerprint density at radius 3 is 2.43 bits per heavy atom. The van der Waals surface area contributed by atoms with Gasteiger partial charge in [-0.1, -0.05) is 43.3 Å². The minimum atomic E-state index is -3.44. The van der Waals surface area contributed by atoms with Crippen LogP contribution in [-0.2, 0) is 16.4 Å². The number of hydrogen-bond donors (Lipinski definition) is 0. The van der Waals surface area contributed by atoms with Crippen molar-refractivity contribution in [2.45, 2.75) is 24.5 Å². The van der Waals surface area contributed by atoms with Crippen LogP contribution in [0.4, 0.5) is 5.13 Å². The number of hydrogen-bond acceptors (Lipinski definition) is 7. The summed E-state index contributed by atoms with van der Waals surface area (Å²) in [5, 5.41) is 2.62. The minimum Gasteiger partial charge on any atom is -0.346 e. The maximum absolute atomic E-state index is 12.8. The molecule has 0 saturated carbocycles. The van der Waals surface area contributed by atoms with Gasteiger partial charge in [0.1, 0.15) is 10.0 Å². The number of benzene rings is 1. The van der Waals surface area contributed by atoms with Crippen molar-refractivity contribution in [1.29, 1.82) is 0 Å². The van der Waals surface area contributed by atoms with E-state index >= 15 is 0 Å². The molecule has 0 fully saturated rings. The van der Waals surface area contributed by atoms with Crippen molar-refractivity contribution in [1.82, 2.24) is 13.7 Å². The van der Waals surface area contributed by atoms with E-state index < -0.39 is 10.0 Å². The number of nitrogens with zero attached hydrogens (tertiary/aromatic N) is 4. The second kappa shape index (κ2) is 9.60. The summed E-state index contributed by atoms with van der Waals surface area (Å²) in [5.41, 5.74) is 1.18. The quantitative estimate of drug-likeness (QED) is 0.484. The highest BCUT2D eigenvalue weighted by Crippen LogP contribution is 2.22. The first-order valence-electron chi connectivity index (χ1n) is 9.19. The number of rotatable bonds is 10. The van der Waals surface area contributed by atoms with Gasteiger partial charge in [-0.25, -0.2) is 13.4 Å². The first-order chi connectivity index (χ1) is 13.5. The van der Waals surface area contributed by atoms with E-state index in [1.165, 1.54) is 32.7 Å². The van der Waals surface area contributed by atoms with Gasteiger partial charge >= 0.3 is 0 Å². The van der Waals surface area contributed by atoms with Gasteiger partial charge in [0, 0.05) is 44.1 Å². The molecule has 0 saturated heterocycles. The molecule has 3 aromatic rings. The lowest BCUT2D eigenvalue weighted by Gasteiger charge is -2.24. The van der Waals surface area contributed by atoms with Crippen LogP contribution in [0.5, 0.6) is 0 Å². The average molecular weight is 437 g/mol. The molecule has 0 N–H and O–H groups in total. The normalized spacial score (nSPS) is 11.8. The molecule has 0 bridgehead atoms. The lowest BCUT2D eigenvalue weighted by molar-refractivity contribution is 0.432. The van der Waals surface area contributed by atoms with Gasteiger partial charge in [0.25, 0.3) is 10.0 Å². The Bertz CT molecular complexity index is 956. The first kappa shape index (κ1) is 20.9. The highest BCUT2D eigenvalue weighted by molar-refractivity contribution is 7.91. The molecule has 9 heteroatoms. The van der Waals surface area contributed by atoms with Gasteiger partial charge in [0.2, 0.25) is 5.13 Å². The summed E-state index contributed by atoms with van der Waals surface area (Å²) < 4.78 is 31.9. The lowest BCUT2D eigenvalue weighted by Crippen LogP contribution is -2.38. The topological polar surface area (TPSA) is 66.4 Å². The summed E-state index contributed by atoms with van der Waals surface area (Å²) in [7, 11) is -3.44. The summed E-state index contributed by atoms with van der Waals surface area (Å²) in [6.45, 7) is 6.09. The van der Waals surface area contributed by atoms with Gasteiger partial charge in [-0.05, 0) is 23.9 Å². The fourth-order valence-electron chi connectivity index (χ4n) is 2.83. The van der Waals surface area contributed by atoms with Gasteiger partial charge in [-0.3, -0.25) is 0 Å². The van der Waals surface area contributed by atoms with Crippen molar-refractivity contribution in [2.24, 2.45) is 0 Å². The van der Waals surface area contributed by atoms with Crippen LogP contribution in [0.2, 0.25) is 0 Å². The van der Waals surface area contributed by atoms with Crippen LogP contribution >= 0.6 is 22.9 Å². The monoisotopic (exact) mass is 436 g/mol. The maximum atomic E-state index is 12.8. The van der Waals surface area contributed by atoms with Crippen molar-refractivity contribution in [3.05, 3.63) is 59.2 Å². The molecular weight excluding hydrogens is 412 g/mol. The number of anilines is 1. The molecule has 2 aromatic heterocycles. The third-order valence-electron chi connectivity index (χ3n) is 4.38. The summed E-state index contributed by atoms with van der Waals surface area (Å²) >= 11 is 2.62. The van der Waals surface area contributed by atoms with E-state index in [1.54, 1.807) is 17.5 Å². The molecule has 0 spiro atoms. The number of aromatic nitrogens is 2. The van der Waals surface area contributed by atoms with Crippen LogP contribution < -0.4 is 4.90 Å². The molecule has 3 rings (SSSR count). The van der Waals surface area contributed by atoms with Gasteiger partial charge < -0.3 is 4.90 Å². The van der Waals surface area contributed by atoms with Crippen molar-refractivity contribution >= 4 is 38.0 Å². The van der Waals surface area contributed by atoms with E-state index in [4.69, 9.17) is 0 Å². The molecule has 0 atom stereocenters. The van der Waals surface area contributed by atoms with Crippen molar-refractivity contribution < 1.29 is 8.42 Å². The van der Waals surface area contributed by atoms with E-state index in [2.05, 4.69) is 26.4 Å². The third kappa shape index (κ3) is 4.96.